The number of likely N-dealkylation sites (N-methyl/N-ethyl adjacent to an activating group) is 1. The minimum Gasteiger partial charge on any atom is -0.399 e. The lowest BCUT2D eigenvalue weighted by atomic mass is 10.2. The zero-order valence-corrected chi connectivity index (χ0v) is 10.2. The Hall–Kier alpha value is -1.74. The van der Waals surface area contributed by atoms with Gasteiger partial charge in [0.25, 0.3) is 0 Å². The minimum absolute atomic E-state index is 0.835. The molecule has 0 bridgehead atoms. The Kier molecular flexibility index (Phi) is 3.83. The number of nitrogens with two attached hydrogens (primary N) is 1. The summed E-state index contributed by atoms with van der Waals surface area (Å²) in [5.74, 6) is 0. The highest BCUT2D eigenvalue weighted by Gasteiger charge is 2.01. The van der Waals surface area contributed by atoms with E-state index in [0.29, 0.717) is 0 Å². The summed E-state index contributed by atoms with van der Waals surface area (Å²) in [4.78, 5) is 5.38. The average Bonchev–Trinajstić information content (AvgIpc) is 2.79. The zero-order chi connectivity index (χ0) is 12.1. The van der Waals surface area contributed by atoms with Crippen molar-refractivity contribution >= 4 is 5.69 Å². The fraction of sp³-hybridized carbons (Fsp3) is 0.286. The highest BCUT2D eigenvalue weighted by atomic mass is 15.1. The molecule has 3 heteroatoms. The summed E-state index contributed by atoms with van der Waals surface area (Å²) in [6.45, 7) is 1.99. The van der Waals surface area contributed by atoms with Crippen molar-refractivity contribution in [2.45, 2.75) is 13.0 Å². The standard InChI is InChI=1S/C14H19N3/c1-17(8-6-12-5-7-16-10-12)11-13-3-2-4-14(15)9-13/h2-5,7,9-10,16H,6,8,11,15H2,1H3. The first-order valence-electron chi connectivity index (χ1n) is 5.88. The van der Waals surface area contributed by atoms with E-state index in [1.807, 2.05) is 30.6 Å². The number of anilines is 1. The fourth-order valence-corrected chi connectivity index (χ4v) is 1.92. The number of H-pyrrole nitrogens is 1. The Morgan fingerprint density at radius 3 is 2.82 bits per heavy atom. The highest BCUT2D eigenvalue weighted by Crippen LogP contribution is 2.09. The summed E-state index contributed by atoms with van der Waals surface area (Å²) in [7, 11) is 2.13. The van der Waals surface area contributed by atoms with Gasteiger partial charge in [-0.2, -0.15) is 0 Å². The summed E-state index contributed by atoms with van der Waals surface area (Å²) >= 11 is 0. The number of hydrogen-bond donors (Lipinski definition) is 2. The van der Waals surface area contributed by atoms with Crippen molar-refractivity contribution < 1.29 is 0 Å². The Labute approximate surface area is 102 Å². The van der Waals surface area contributed by atoms with Gasteiger partial charge in [-0.05, 0) is 42.8 Å². The fourth-order valence-electron chi connectivity index (χ4n) is 1.92. The Morgan fingerprint density at radius 2 is 2.12 bits per heavy atom. The van der Waals surface area contributed by atoms with Crippen LogP contribution in [0.25, 0.3) is 0 Å². The lowest BCUT2D eigenvalue weighted by Gasteiger charge is -2.16. The van der Waals surface area contributed by atoms with E-state index >= 15 is 0 Å². The van der Waals surface area contributed by atoms with E-state index in [4.69, 9.17) is 5.73 Å². The quantitative estimate of drug-likeness (QED) is 0.773. The first kappa shape index (κ1) is 11.7. The van der Waals surface area contributed by atoms with Crippen molar-refractivity contribution in [1.29, 1.82) is 0 Å². The third-order valence-corrected chi connectivity index (χ3v) is 2.85. The minimum atomic E-state index is 0.835. The average molecular weight is 229 g/mol. The highest BCUT2D eigenvalue weighted by molar-refractivity contribution is 5.40. The van der Waals surface area contributed by atoms with Gasteiger partial charge in [0, 0.05) is 31.2 Å². The van der Waals surface area contributed by atoms with Crippen LogP contribution < -0.4 is 5.73 Å². The van der Waals surface area contributed by atoms with Crippen molar-refractivity contribution in [3.63, 3.8) is 0 Å². The van der Waals surface area contributed by atoms with Crippen LogP contribution in [-0.2, 0) is 13.0 Å². The van der Waals surface area contributed by atoms with Gasteiger partial charge < -0.3 is 15.6 Å². The molecule has 0 saturated heterocycles. The molecule has 0 aliphatic heterocycles. The predicted octanol–water partition coefficient (Wildman–Crippen LogP) is 2.27. The second-order valence-electron chi connectivity index (χ2n) is 4.45. The van der Waals surface area contributed by atoms with E-state index < -0.39 is 0 Å². The summed E-state index contributed by atoms with van der Waals surface area (Å²) in [5, 5.41) is 0. The summed E-state index contributed by atoms with van der Waals surface area (Å²) < 4.78 is 0. The van der Waals surface area contributed by atoms with Crippen LogP contribution in [0.3, 0.4) is 0 Å². The van der Waals surface area contributed by atoms with E-state index in [0.717, 1.165) is 25.2 Å². The van der Waals surface area contributed by atoms with Gasteiger partial charge in [0.1, 0.15) is 0 Å². The molecule has 0 saturated carbocycles. The monoisotopic (exact) mass is 229 g/mol. The van der Waals surface area contributed by atoms with Gasteiger partial charge >= 0.3 is 0 Å². The van der Waals surface area contributed by atoms with Gasteiger partial charge in [0.2, 0.25) is 0 Å². The normalized spacial score (nSPS) is 10.9. The maximum atomic E-state index is 5.76. The molecular formula is C14H19N3. The van der Waals surface area contributed by atoms with Crippen molar-refractivity contribution in [3.8, 4) is 0 Å². The third-order valence-electron chi connectivity index (χ3n) is 2.85. The first-order valence-corrected chi connectivity index (χ1v) is 5.88. The van der Waals surface area contributed by atoms with Gasteiger partial charge in [0.15, 0.2) is 0 Å². The third kappa shape index (κ3) is 3.64. The van der Waals surface area contributed by atoms with Crippen molar-refractivity contribution in [2.75, 3.05) is 19.3 Å². The molecule has 2 aromatic rings. The Balaban J connectivity index is 1.83. The zero-order valence-electron chi connectivity index (χ0n) is 10.2. The van der Waals surface area contributed by atoms with Gasteiger partial charge in [-0.25, -0.2) is 0 Å². The summed E-state index contributed by atoms with van der Waals surface area (Å²) in [5.41, 5.74) is 9.21. The smallest absolute Gasteiger partial charge is 0.0317 e. The van der Waals surface area contributed by atoms with Crippen LogP contribution in [0, 0.1) is 0 Å². The van der Waals surface area contributed by atoms with Crippen LogP contribution in [0.1, 0.15) is 11.1 Å². The Morgan fingerprint density at radius 1 is 1.24 bits per heavy atom. The SMILES string of the molecule is CN(CCc1cc[nH]c1)Cc1cccc(N)c1. The van der Waals surface area contributed by atoms with Crippen molar-refractivity contribution in [1.82, 2.24) is 9.88 Å². The van der Waals surface area contributed by atoms with Gasteiger partial charge in [-0.1, -0.05) is 12.1 Å². The van der Waals surface area contributed by atoms with Gasteiger partial charge in [0.05, 0.1) is 0 Å². The molecule has 90 valence electrons. The molecule has 1 aromatic carbocycles. The van der Waals surface area contributed by atoms with Crippen LogP contribution in [0.15, 0.2) is 42.7 Å². The Bertz CT molecular complexity index is 448. The van der Waals surface area contributed by atoms with E-state index in [-0.39, 0.29) is 0 Å². The van der Waals surface area contributed by atoms with E-state index in [9.17, 15) is 0 Å². The number of rotatable bonds is 5. The first-order chi connectivity index (χ1) is 8.24. The number of nitrogen functional groups attached to an aromatic ring is 1. The molecule has 1 aromatic heterocycles. The van der Waals surface area contributed by atoms with Crippen LogP contribution in [0.2, 0.25) is 0 Å². The molecule has 3 nitrogen and oxygen atoms in total. The number of aromatic nitrogens is 1. The molecule has 0 fully saturated rings. The van der Waals surface area contributed by atoms with Crippen LogP contribution in [-0.4, -0.2) is 23.5 Å². The molecular weight excluding hydrogens is 210 g/mol. The topological polar surface area (TPSA) is 45.0 Å². The summed E-state index contributed by atoms with van der Waals surface area (Å²) in [6.07, 6.45) is 5.09. The van der Waals surface area contributed by atoms with Crippen molar-refractivity contribution in [2.24, 2.45) is 0 Å². The number of nitrogens with zero attached hydrogens (tertiary/aromatic N) is 1. The van der Waals surface area contributed by atoms with Gasteiger partial charge in [-0.15, -0.1) is 0 Å². The number of hydrogen-bond acceptors (Lipinski definition) is 2. The molecule has 2 rings (SSSR count). The largest absolute Gasteiger partial charge is 0.399 e. The summed E-state index contributed by atoms with van der Waals surface area (Å²) in [6, 6.07) is 10.2. The molecule has 0 atom stereocenters. The lowest BCUT2D eigenvalue weighted by molar-refractivity contribution is 0.331. The van der Waals surface area contributed by atoms with Crippen molar-refractivity contribution in [3.05, 3.63) is 53.9 Å². The molecule has 3 N–H and O–H groups in total. The molecule has 0 amide bonds. The molecule has 17 heavy (non-hydrogen) atoms. The van der Waals surface area contributed by atoms with E-state index in [2.05, 4.69) is 29.1 Å². The number of nitrogens with one attached hydrogen (secondary N) is 1. The van der Waals surface area contributed by atoms with Crippen LogP contribution in [0.4, 0.5) is 5.69 Å². The predicted molar refractivity (Wildman–Crippen MR) is 71.7 cm³/mol. The maximum absolute atomic E-state index is 5.76. The number of aromatic amines is 1. The van der Waals surface area contributed by atoms with Crippen LogP contribution in [0.5, 0.6) is 0 Å². The molecule has 1 heterocycles. The van der Waals surface area contributed by atoms with E-state index in [1.165, 1.54) is 11.1 Å². The molecule has 0 unspecified atom stereocenters. The number of benzene rings is 1. The van der Waals surface area contributed by atoms with E-state index in [1.54, 1.807) is 0 Å². The molecule has 0 aliphatic rings. The molecule has 0 aliphatic carbocycles. The second kappa shape index (κ2) is 5.55. The molecule has 0 spiro atoms. The van der Waals surface area contributed by atoms with Gasteiger partial charge in [-0.3, -0.25) is 0 Å². The van der Waals surface area contributed by atoms with Crippen LogP contribution >= 0.6 is 0 Å². The maximum Gasteiger partial charge on any atom is 0.0317 e. The lowest BCUT2D eigenvalue weighted by Crippen LogP contribution is -2.20. The second-order valence-corrected chi connectivity index (χ2v) is 4.45. The molecule has 0 radical (unpaired) electrons.